The lowest BCUT2D eigenvalue weighted by molar-refractivity contribution is 1.48. The summed E-state index contributed by atoms with van der Waals surface area (Å²) in [4.78, 5) is 4.91. The topological polar surface area (TPSA) is 12.4 Å². The molecule has 46 valence electrons. The molecule has 0 unspecified atom stereocenters. The highest BCUT2D eigenvalue weighted by Crippen LogP contribution is 2.17. The first-order valence-electron chi connectivity index (χ1n) is 2.12. The van der Waals surface area contributed by atoms with Gasteiger partial charge in [-0.15, -0.1) is 0 Å². The Morgan fingerprint density at radius 1 is 1.75 bits per heavy atom. The molecule has 0 amide bonds. The minimum Gasteiger partial charge on any atom is -0.274 e. The fourth-order valence-corrected chi connectivity index (χ4v) is 1.40. The van der Waals surface area contributed by atoms with E-state index in [1.807, 2.05) is 6.92 Å². The van der Waals surface area contributed by atoms with Crippen LogP contribution < -0.4 is 0 Å². The number of halogens is 1. The number of hydrogen-bond acceptors (Lipinski definition) is 2. The third kappa shape index (κ3) is 4.40. The number of nitrogens with zero attached hydrogens (tertiary/aromatic N) is 1. The summed E-state index contributed by atoms with van der Waals surface area (Å²) in [6.45, 7) is 5.64. The zero-order valence-electron chi connectivity index (χ0n) is 4.94. The Bertz CT molecular complexity index is 120. The fourth-order valence-electron chi connectivity index (χ4n) is 0.189. The van der Waals surface area contributed by atoms with Crippen molar-refractivity contribution < 1.29 is 0 Å². The van der Waals surface area contributed by atoms with E-state index in [4.69, 9.17) is 0 Å². The Kier molecular flexibility index (Phi) is 4.28. The van der Waals surface area contributed by atoms with Crippen LogP contribution in [-0.4, -0.2) is 11.0 Å². The van der Waals surface area contributed by atoms with E-state index < -0.39 is 0 Å². The van der Waals surface area contributed by atoms with Crippen LogP contribution in [0, 0.1) is 0 Å². The maximum Gasteiger partial charge on any atom is 0.138 e. The van der Waals surface area contributed by atoms with Gasteiger partial charge in [0.1, 0.15) is 3.95 Å². The van der Waals surface area contributed by atoms with Crippen molar-refractivity contribution in [3.63, 3.8) is 0 Å². The zero-order valence-corrected chi connectivity index (χ0v) is 7.34. The van der Waals surface area contributed by atoms with Gasteiger partial charge in [-0.1, -0.05) is 18.3 Å². The molecule has 0 saturated heterocycles. The molecule has 3 heteroatoms. The summed E-state index contributed by atoms with van der Waals surface area (Å²) in [5.41, 5.74) is 0. The minimum atomic E-state index is 0.880. The van der Waals surface area contributed by atoms with Gasteiger partial charge in [0.05, 0.1) is 0 Å². The highest BCUT2D eigenvalue weighted by atomic mass is 79.9. The van der Waals surface area contributed by atoms with E-state index in [0.717, 1.165) is 8.86 Å². The molecule has 0 atom stereocenters. The van der Waals surface area contributed by atoms with Gasteiger partial charge in [-0.3, -0.25) is 4.99 Å². The highest BCUT2D eigenvalue weighted by molar-refractivity contribution is 9.22. The Hall–Kier alpha value is 0.240. The van der Waals surface area contributed by atoms with Crippen LogP contribution in [-0.2, 0) is 0 Å². The second-order valence-electron chi connectivity index (χ2n) is 1.28. The lowest BCUT2D eigenvalue weighted by atomic mass is 10.8. The average molecular weight is 194 g/mol. The second-order valence-corrected chi connectivity index (χ2v) is 3.84. The molecule has 0 aromatic carbocycles. The Balaban J connectivity index is 3.56. The fraction of sp³-hybridized carbons (Fsp3) is 0.400. The quantitative estimate of drug-likeness (QED) is 0.461. The van der Waals surface area contributed by atoms with E-state index in [-0.39, 0.29) is 0 Å². The molecule has 0 aromatic heterocycles. The van der Waals surface area contributed by atoms with Gasteiger partial charge < -0.3 is 0 Å². The van der Waals surface area contributed by atoms with Crippen molar-refractivity contribution in [1.29, 1.82) is 0 Å². The summed E-state index contributed by atoms with van der Waals surface area (Å²) in [6, 6.07) is 0. The highest BCUT2D eigenvalue weighted by Gasteiger charge is 1.90. The molecule has 0 fully saturated rings. The predicted octanol–water partition coefficient (Wildman–Crippen LogP) is 2.63. The third-order valence-corrected chi connectivity index (χ3v) is 1.97. The van der Waals surface area contributed by atoms with Crippen molar-refractivity contribution in [2.75, 3.05) is 7.05 Å². The van der Waals surface area contributed by atoms with Crippen LogP contribution in [0.5, 0.6) is 0 Å². The molecule has 0 aliphatic carbocycles. The lowest BCUT2D eigenvalue weighted by Gasteiger charge is -1.91. The zero-order chi connectivity index (χ0) is 6.57. The Labute approximate surface area is 62.4 Å². The average Bonchev–Trinajstić information content (AvgIpc) is 1.65. The first kappa shape index (κ1) is 8.24. The van der Waals surface area contributed by atoms with Crippen LogP contribution >= 0.6 is 27.7 Å². The van der Waals surface area contributed by atoms with Crippen LogP contribution in [0.4, 0.5) is 0 Å². The Morgan fingerprint density at radius 3 is 2.38 bits per heavy atom. The van der Waals surface area contributed by atoms with Gasteiger partial charge in [-0.2, -0.15) is 0 Å². The van der Waals surface area contributed by atoms with Gasteiger partial charge in [0.15, 0.2) is 0 Å². The Morgan fingerprint density at radius 2 is 2.25 bits per heavy atom. The van der Waals surface area contributed by atoms with Crippen molar-refractivity contribution in [2.45, 2.75) is 6.92 Å². The molecule has 0 rings (SSSR count). The monoisotopic (exact) mass is 193 g/mol. The number of hydrogen-bond donors (Lipinski definition) is 0. The van der Waals surface area contributed by atoms with Crippen molar-refractivity contribution in [1.82, 2.24) is 0 Å². The van der Waals surface area contributed by atoms with Crippen molar-refractivity contribution in [3.05, 3.63) is 11.5 Å². The van der Waals surface area contributed by atoms with E-state index in [2.05, 4.69) is 27.5 Å². The molecule has 0 spiro atoms. The summed E-state index contributed by atoms with van der Waals surface area (Å²) in [6.07, 6.45) is 0. The maximum atomic E-state index is 3.86. The summed E-state index contributed by atoms with van der Waals surface area (Å²) in [7, 11) is 1.74. The standard InChI is InChI=1S/C5H8BrNS/c1-4(2)8-5(6)7-3/h1H2,2-3H3/b7-5-. The van der Waals surface area contributed by atoms with Crippen LogP contribution in [0.1, 0.15) is 6.92 Å². The lowest BCUT2D eigenvalue weighted by Crippen LogP contribution is -1.74. The first-order chi connectivity index (χ1) is 3.66. The molecule has 0 aliphatic heterocycles. The minimum absolute atomic E-state index is 0.880. The molecule has 0 bridgehead atoms. The molecule has 0 heterocycles. The van der Waals surface area contributed by atoms with Gasteiger partial charge in [-0.05, 0) is 27.8 Å². The van der Waals surface area contributed by atoms with Crippen LogP contribution in [0.2, 0.25) is 0 Å². The van der Waals surface area contributed by atoms with Crippen molar-refractivity contribution in [2.24, 2.45) is 4.99 Å². The molecule has 0 saturated carbocycles. The van der Waals surface area contributed by atoms with E-state index in [1.54, 1.807) is 7.05 Å². The summed E-state index contributed by atoms with van der Waals surface area (Å²) in [5, 5.41) is 0. The number of allylic oxidation sites excluding steroid dienone is 1. The summed E-state index contributed by atoms with van der Waals surface area (Å²) >= 11 is 4.76. The van der Waals surface area contributed by atoms with Gasteiger partial charge in [0, 0.05) is 7.05 Å². The first-order valence-corrected chi connectivity index (χ1v) is 3.73. The SMILES string of the molecule is C=C(C)S/C(Br)=N\C. The molecule has 0 aliphatic rings. The van der Waals surface area contributed by atoms with Gasteiger partial charge in [0.25, 0.3) is 0 Å². The van der Waals surface area contributed by atoms with E-state index in [1.165, 1.54) is 11.8 Å². The maximum absolute atomic E-state index is 3.86. The van der Waals surface area contributed by atoms with E-state index in [0.29, 0.717) is 0 Å². The molecule has 0 radical (unpaired) electrons. The van der Waals surface area contributed by atoms with Crippen LogP contribution in [0.15, 0.2) is 16.5 Å². The molecule has 0 N–H and O–H groups in total. The second kappa shape index (κ2) is 4.15. The van der Waals surface area contributed by atoms with Crippen LogP contribution in [0.25, 0.3) is 0 Å². The van der Waals surface area contributed by atoms with Gasteiger partial charge >= 0.3 is 0 Å². The van der Waals surface area contributed by atoms with Crippen molar-refractivity contribution >= 4 is 31.6 Å². The number of aliphatic imine (C=N–C) groups is 1. The summed E-state index contributed by atoms with van der Waals surface area (Å²) in [5.74, 6) is 0. The molecule has 8 heavy (non-hydrogen) atoms. The molecular weight excluding hydrogens is 186 g/mol. The predicted molar refractivity (Wildman–Crippen MR) is 44.7 cm³/mol. The van der Waals surface area contributed by atoms with Crippen molar-refractivity contribution in [3.8, 4) is 0 Å². The largest absolute Gasteiger partial charge is 0.274 e. The van der Waals surface area contributed by atoms with Crippen LogP contribution in [0.3, 0.4) is 0 Å². The number of thioether (sulfide) groups is 1. The van der Waals surface area contributed by atoms with E-state index >= 15 is 0 Å². The van der Waals surface area contributed by atoms with Gasteiger partial charge in [-0.25, -0.2) is 0 Å². The smallest absolute Gasteiger partial charge is 0.138 e. The summed E-state index contributed by atoms with van der Waals surface area (Å²) < 4.78 is 0.880. The molecule has 1 nitrogen and oxygen atoms in total. The third-order valence-electron chi connectivity index (χ3n) is 0.434. The van der Waals surface area contributed by atoms with E-state index in [9.17, 15) is 0 Å². The van der Waals surface area contributed by atoms with Gasteiger partial charge in [0.2, 0.25) is 0 Å². The molecule has 0 aromatic rings. The normalized spacial score (nSPS) is 11.6. The number of rotatable bonds is 1. The molecular formula is C5H8BrNS.